The van der Waals surface area contributed by atoms with Crippen LogP contribution in [0.5, 0.6) is 0 Å². The van der Waals surface area contributed by atoms with E-state index < -0.39 is 0 Å². The third-order valence-corrected chi connectivity index (χ3v) is 3.77. The number of nitrogens with two attached hydrogens (primary N) is 1. The summed E-state index contributed by atoms with van der Waals surface area (Å²) < 4.78 is 5.86. The number of aromatic nitrogens is 2. The maximum atomic E-state index is 5.99. The molecule has 0 unspecified atom stereocenters. The molecule has 0 aliphatic carbocycles. The highest BCUT2D eigenvalue weighted by Gasteiger charge is 2.11. The minimum absolute atomic E-state index is 0.453. The summed E-state index contributed by atoms with van der Waals surface area (Å²) in [5.41, 5.74) is 9.43. The smallest absolute Gasteiger partial charge is 0.155 e. The van der Waals surface area contributed by atoms with E-state index in [1.807, 2.05) is 48.5 Å². The van der Waals surface area contributed by atoms with Crippen LogP contribution in [0.3, 0.4) is 0 Å². The van der Waals surface area contributed by atoms with Crippen molar-refractivity contribution in [2.45, 2.75) is 6.42 Å². The van der Waals surface area contributed by atoms with Crippen molar-refractivity contribution in [1.82, 2.24) is 9.97 Å². The van der Waals surface area contributed by atoms with Gasteiger partial charge in [0, 0.05) is 11.8 Å². The van der Waals surface area contributed by atoms with Crippen LogP contribution in [-0.2, 0) is 6.42 Å². The molecule has 0 radical (unpaired) electrons. The van der Waals surface area contributed by atoms with E-state index in [4.69, 9.17) is 10.2 Å². The van der Waals surface area contributed by atoms with Gasteiger partial charge in [-0.05, 0) is 17.7 Å². The fraction of sp³-hybridized carbons (Fsp3) is 0.0526. The van der Waals surface area contributed by atoms with E-state index in [1.54, 1.807) is 6.20 Å². The van der Waals surface area contributed by atoms with Crippen LogP contribution in [-0.4, -0.2) is 9.97 Å². The number of hydrogen-bond acceptors (Lipinski definition) is 4. The molecule has 112 valence electrons. The third-order valence-electron chi connectivity index (χ3n) is 3.77. The Bertz CT molecular complexity index is 928. The van der Waals surface area contributed by atoms with Gasteiger partial charge in [0.25, 0.3) is 0 Å². The number of furan rings is 1. The molecule has 2 aromatic heterocycles. The Hall–Kier alpha value is -3.14. The van der Waals surface area contributed by atoms with Crippen LogP contribution in [0.2, 0.25) is 0 Å². The van der Waals surface area contributed by atoms with E-state index in [2.05, 4.69) is 22.1 Å². The van der Waals surface area contributed by atoms with Crippen molar-refractivity contribution in [2.24, 2.45) is 0 Å². The van der Waals surface area contributed by atoms with Crippen LogP contribution >= 0.6 is 0 Å². The number of anilines is 1. The first-order valence-electron chi connectivity index (χ1n) is 7.44. The van der Waals surface area contributed by atoms with E-state index >= 15 is 0 Å². The van der Waals surface area contributed by atoms with Crippen molar-refractivity contribution in [3.05, 3.63) is 78.1 Å². The molecule has 4 heteroatoms. The van der Waals surface area contributed by atoms with Gasteiger partial charge < -0.3 is 10.2 Å². The summed E-state index contributed by atoms with van der Waals surface area (Å²) in [5, 5.41) is 1.05. The molecule has 4 aromatic rings. The molecule has 0 fully saturated rings. The van der Waals surface area contributed by atoms with Gasteiger partial charge in [-0.25, -0.2) is 9.97 Å². The minimum Gasteiger partial charge on any atom is -0.454 e. The van der Waals surface area contributed by atoms with Gasteiger partial charge in [-0.2, -0.15) is 0 Å². The normalized spacial score (nSPS) is 11.0. The molecule has 4 rings (SSSR count). The maximum absolute atomic E-state index is 5.99. The SMILES string of the molecule is Nc1ncc(-c2cc3ccccc3o2)nc1Cc1ccccc1. The summed E-state index contributed by atoms with van der Waals surface area (Å²) in [5.74, 6) is 1.15. The molecule has 0 spiro atoms. The van der Waals surface area contributed by atoms with E-state index in [9.17, 15) is 0 Å². The highest BCUT2D eigenvalue weighted by atomic mass is 16.3. The Balaban J connectivity index is 1.73. The first-order chi connectivity index (χ1) is 11.3. The fourth-order valence-electron chi connectivity index (χ4n) is 2.58. The van der Waals surface area contributed by atoms with Crippen molar-refractivity contribution in [3.63, 3.8) is 0 Å². The average molecular weight is 301 g/mol. The number of nitrogen functional groups attached to an aromatic ring is 1. The zero-order valence-corrected chi connectivity index (χ0v) is 12.4. The van der Waals surface area contributed by atoms with Crippen LogP contribution in [0, 0.1) is 0 Å². The molecule has 0 saturated carbocycles. The maximum Gasteiger partial charge on any atom is 0.155 e. The summed E-state index contributed by atoms with van der Waals surface area (Å²) in [6.45, 7) is 0. The van der Waals surface area contributed by atoms with Crippen LogP contribution in [0.4, 0.5) is 5.82 Å². The van der Waals surface area contributed by atoms with Crippen LogP contribution in [0.25, 0.3) is 22.4 Å². The van der Waals surface area contributed by atoms with Crippen molar-refractivity contribution in [3.8, 4) is 11.5 Å². The molecule has 23 heavy (non-hydrogen) atoms. The first-order valence-corrected chi connectivity index (χ1v) is 7.44. The quantitative estimate of drug-likeness (QED) is 0.619. The Labute approximate surface area is 133 Å². The highest BCUT2D eigenvalue weighted by Crippen LogP contribution is 2.27. The van der Waals surface area contributed by atoms with E-state index in [-0.39, 0.29) is 0 Å². The van der Waals surface area contributed by atoms with Crippen LogP contribution in [0.1, 0.15) is 11.3 Å². The molecular weight excluding hydrogens is 286 g/mol. The molecule has 4 nitrogen and oxygen atoms in total. The lowest BCUT2D eigenvalue weighted by Crippen LogP contribution is -2.03. The summed E-state index contributed by atoms with van der Waals surface area (Å²) in [7, 11) is 0. The Morgan fingerprint density at radius 2 is 1.74 bits per heavy atom. The second kappa shape index (κ2) is 5.57. The monoisotopic (exact) mass is 301 g/mol. The van der Waals surface area contributed by atoms with Gasteiger partial charge in [0.05, 0.1) is 11.9 Å². The van der Waals surface area contributed by atoms with Crippen molar-refractivity contribution in [1.29, 1.82) is 0 Å². The number of para-hydroxylation sites is 1. The standard InChI is InChI=1S/C19H15N3O/c20-19-15(10-13-6-2-1-3-7-13)22-16(12-21-19)18-11-14-8-4-5-9-17(14)23-18/h1-9,11-12H,10H2,(H2,20,21). The molecule has 2 aromatic carbocycles. The molecule has 0 amide bonds. The van der Waals surface area contributed by atoms with Gasteiger partial charge in [0.2, 0.25) is 0 Å². The van der Waals surface area contributed by atoms with Gasteiger partial charge >= 0.3 is 0 Å². The van der Waals surface area contributed by atoms with Gasteiger partial charge in [-0.3, -0.25) is 0 Å². The highest BCUT2D eigenvalue weighted by molar-refractivity contribution is 5.82. The van der Waals surface area contributed by atoms with Gasteiger partial charge in [0.15, 0.2) is 5.76 Å². The van der Waals surface area contributed by atoms with Gasteiger partial charge in [-0.15, -0.1) is 0 Å². The number of hydrogen-bond donors (Lipinski definition) is 1. The molecule has 0 bridgehead atoms. The average Bonchev–Trinajstić information content (AvgIpc) is 3.02. The van der Waals surface area contributed by atoms with Crippen LogP contribution < -0.4 is 5.73 Å². The van der Waals surface area contributed by atoms with Gasteiger partial charge in [0.1, 0.15) is 17.1 Å². The second-order valence-electron chi connectivity index (χ2n) is 5.40. The fourth-order valence-corrected chi connectivity index (χ4v) is 2.58. The molecular formula is C19H15N3O. The Morgan fingerprint density at radius 3 is 2.57 bits per heavy atom. The molecule has 2 heterocycles. The Morgan fingerprint density at radius 1 is 0.957 bits per heavy atom. The molecule has 0 aliphatic rings. The topological polar surface area (TPSA) is 64.9 Å². The largest absolute Gasteiger partial charge is 0.454 e. The zero-order chi connectivity index (χ0) is 15.6. The summed E-state index contributed by atoms with van der Waals surface area (Å²) in [4.78, 5) is 8.93. The lowest BCUT2D eigenvalue weighted by atomic mass is 10.1. The van der Waals surface area contributed by atoms with Crippen LogP contribution in [0.15, 0.2) is 71.3 Å². The third kappa shape index (κ3) is 2.66. The van der Waals surface area contributed by atoms with Crippen molar-refractivity contribution >= 4 is 16.8 Å². The van der Waals surface area contributed by atoms with E-state index in [0.717, 1.165) is 22.2 Å². The van der Waals surface area contributed by atoms with Gasteiger partial charge in [-0.1, -0.05) is 48.5 Å². The summed E-state index contributed by atoms with van der Waals surface area (Å²) in [6.07, 6.45) is 2.30. The summed E-state index contributed by atoms with van der Waals surface area (Å²) >= 11 is 0. The number of benzene rings is 2. The first kappa shape index (κ1) is 13.5. The number of nitrogens with zero attached hydrogens (tertiary/aromatic N) is 2. The lowest BCUT2D eigenvalue weighted by molar-refractivity contribution is 0.628. The predicted molar refractivity (Wildman–Crippen MR) is 90.9 cm³/mol. The van der Waals surface area contributed by atoms with E-state index in [1.165, 1.54) is 0 Å². The Kier molecular flexibility index (Phi) is 3.27. The minimum atomic E-state index is 0.453. The predicted octanol–water partition coefficient (Wildman–Crippen LogP) is 4.06. The zero-order valence-electron chi connectivity index (χ0n) is 12.4. The molecule has 0 aliphatic heterocycles. The van der Waals surface area contributed by atoms with Crippen molar-refractivity contribution < 1.29 is 4.42 Å². The molecule has 2 N–H and O–H groups in total. The summed E-state index contributed by atoms with van der Waals surface area (Å²) in [6, 6.07) is 20.0. The lowest BCUT2D eigenvalue weighted by Gasteiger charge is -2.06. The number of fused-ring (bicyclic) bond motifs is 1. The molecule has 0 atom stereocenters. The van der Waals surface area contributed by atoms with Crippen molar-refractivity contribution in [2.75, 3.05) is 5.73 Å². The second-order valence-corrected chi connectivity index (χ2v) is 5.40. The molecule has 0 saturated heterocycles. The van der Waals surface area contributed by atoms with E-state index in [0.29, 0.717) is 23.7 Å². The number of rotatable bonds is 3.